The SMILES string of the molecule is CC(=O)OCCCCCCS.C[C@@H]1CCC([C@@H](C)CO)C2=CO[C@@H](C)CCC21.OO.[HH].[HH]. The molecule has 1 fully saturated rings. The summed E-state index contributed by atoms with van der Waals surface area (Å²) in [7, 11) is 0. The van der Waals surface area contributed by atoms with Crippen LogP contribution >= 0.6 is 12.6 Å². The van der Waals surface area contributed by atoms with Crippen molar-refractivity contribution in [1.82, 2.24) is 0 Å². The summed E-state index contributed by atoms with van der Waals surface area (Å²) in [6, 6.07) is 0. The number of rotatable bonds is 8. The van der Waals surface area contributed by atoms with Gasteiger partial charge in [0.05, 0.1) is 19.0 Å². The minimum Gasteiger partial charge on any atom is -0.498 e. The van der Waals surface area contributed by atoms with E-state index in [2.05, 4.69) is 33.4 Å². The zero-order valence-electron chi connectivity index (χ0n) is 19.3. The number of carbonyl (C=O) groups is 1. The van der Waals surface area contributed by atoms with Gasteiger partial charge in [-0.15, -0.1) is 0 Å². The second kappa shape index (κ2) is 17.9. The molecule has 30 heavy (non-hydrogen) atoms. The van der Waals surface area contributed by atoms with Gasteiger partial charge in [0.25, 0.3) is 0 Å². The van der Waals surface area contributed by atoms with Crippen LogP contribution in [0.5, 0.6) is 0 Å². The van der Waals surface area contributed by atoms with Gasteiger partial charge in [0.1, 0.15) is 0 Å². The van der Waals surface area contributed by atoms with Gasteiger partial charge in [0.2, 0.25) is 0 Å². The Morgan fingerprint density at radius 2 is 1.87 bits per heavy atom. The van der Waals surface area contributed by atoms with E-state index >= 15 is 0 Å². The molecule has 0 spiro atoms. The van der Waals surface area contributed by atoms with Crippen LogP contribution in [0.2, 0.25) is 0 Å². The van der Waals surface area contributed by atoms with E-state index in [1.807, 2.05) is 6.26 Å². The quantitative estimate of drug-likeness (QED) is 0.120. The lowest BCUT2D eigenvalue weighted by Crippen LogP contribution is -2.30. The van der Waals surface area contributed by atoms with E-state index in [-0.39, 0.29) is 8.82 Å². The third kappa shape index (κ3) is 11.6. The van der Waals surface area contributed by atoms with E-state index in [0.29, 0.717) is 37.1 Å². The topological polar surface area (TPSA) is 96.2 Å². The molecule has 0 aromatic carbocycles. The van der Waals surface area contributed by atoms with E-state index in [1.165, 1.54) is 38.2 Å². The summed E-state index contributed by atoms with van der Waals surface area (Å²) in [5, 5.41) is 21.4. The fraction of sp³-hybridized carbons (Fsp3) is 0.870. The molecule has 0 saturated heterocycles. The van der Waals surface area contributed by atoms with Gasteiger partial charge in [-0.1, -0.05) is 26.7 Å². The van der Waals surface area contributed by atoms with Gasteiger partial charge in [-0.2, -0.15) is 12.6 Å². The average molecular weight is 453 g/mol. The Balaban J connectivity index is -0.000000496. The molecule has 3 N–H and O–H groups in total. The lowest BCUT2D eigenvalue weighted by Gasteiger charge is -2.38. The van der Waals surface area contributed by atoms with Gasteiger partial charge in [0, 0.05) is 16.4 Å². The van der Waals surface area contributed by atoms with E-state index in [4.69, 9.17) is 20.0 Å². The lowest BCUT2D eigenvalue weighted by atomic mass is 9.66. The summed E-state index contributed by atoms with van der Waals surface area (Å²) >= 11 is 4.09. The summed E-state index contributed by atoms with van der Waals surface area (Å²) < 4.78 is 10.6. The van der Waals surface area contributed by atoms with Crippen molar-refractivity contribution in [2.75, 3.05) is 19.0 Å². The van der Waals surface area contributed by atoms with Gasteiger partial charge >= 0.3 is 5.97 Å². The van der Waals surface area contributed by atoms with Crippen molar-refractivity contribution in [3.05, 3.63) is 11.8 Å². The van der Waals surface area contributed by atoms with E-state index < -0.39 is 0 Å². The number of hydrogen-bond acceptors (Lipinski definition) is 7. The van der Waals surface area contributed by atoms with Crippen LogP contribution in [0, 0.1) is 23.7 Å². The summed E-state index contributed by atoms with van der Waals surface area (Å²) in [4.78, 5) is 10.3. The third-order valence-electron chi connectivity index (χ3n) is 6.13. The minimum absolute atomic E-state index is 0. The van der Waals surface area contributed by atoms with Crippen molar-refractivity contribution in [3.63, 3.8) is 0 Å². The van der Waals surface area contributed by atoms with Crippen molar-refractivity contribution >= 4 is 18.6 Å². The molecule has 7 heteroatoms. The molecule has 2 rings (SSSR count). The van der Waals surface area contributed by atoms with Crippen LogP contribution in [-0.2, 0) is 14.3 Å². The Morgan fingerprint density at radius 3 is 2.47 bits per heavy atom. The van der Waals surface area contributed by atoms with E-state index in [0.717, 1.165) is 37.4 Å². The predicted octanol–water partition coefficient (Wildman–Crippen LogP) is 5.91. The number of thiol groups is 1. The molecule has 2 unspecified atom stereocenters. The molecule has 0 bridgehead atoms. The highest BCUT2D eigenvalue weighted by molar-refractivity contribution is 7.80. The van der Waals surface area contributed by atoms with Crippen LogP contribution in [0.1, 0.15) is 81.9 Å². The molecule has 182 valence electrons. The zero-order valence-corrected chi connectivity index (χ0v) is 20.2. The van der Waals surface area contributed by atoms with Crippen LogP contribution in [0.3, 0.4) is 0 Å². The van der Waals surface area contributed by atoms with Crippen LogP contribution in [0.4, 0.5) is 0 Å². The molecular weight excluding hydrogens is 404 g/mol. The molecule has 0 amide bonds. The molecule has 2 aliphatic rings. The van der Waals surface area contributed by atoms with Gasteiger partial charge in [-0.3, -0.25) is 15.3 Å². The van der Waals surface area contributed by atoms with Crippen molar-refractivity contribution in [2.24, 2.45) is 23.7 Å². The van der Waals surface area contributed by atoms with Crippen molar-refractivity contribution in [3.8, 4) is 0 Å². The van der Waals surface area contributed by atoms with Gasteiger partial charge < -0.3 is 14.6 Å². The third-order valence-corrected chi connectivity index (χ3v) is 6.45. The summed E-state index contributed by atoms with van der Waals surface area (Å²) in [5.41, 5.74) is 1.48. The van der Waals surface area contributed by atoms with Gasteiger partial charge in [0.15, 0.2) is 0 Å². The molecule has 1 heterocycles. The summed E-state index contributed by atoms with van der Waals surface area (Å²) in [6.07, 6.45) is 11.8. The molecule has 1 aliphatic carbocycles. The largest absolute Gasteiger partial charge is 0.498 e. The maximum Gasteiger partial charge on any atom is 0.302 e. The second-order valence-electron chi connectivity index (χ2n) is 8.55. The molecular formula is C23H48O6S. The van der Waals surface area contributed by atoms with E-state index in [9.17, 15) is 9.90 Å². The first kappa shape index (κ1) is 29.2. The van der Waals surface area contributed by atoms with Crippen LogP contribution in [0.25, 0.3) is 0 Å². The molecule has 0 aromatic heterocycles. The van der Waals surface area contributed by atoms with Crippen LogP contribution in [0.15, 0.2) is 11.8 Å². The first-order valence-electron chi connectivity index (χ1n) is 11.3. The number of unbranched alkanes of at least 4 members (excludes halogenated alkanes) is 3. The number of aliphatic hydroxyl groups excluding tert-OH is 1. The van der Waals surface area contributed by atoms with Gasteiger partial charge in [-0.25, -0.2) is 0 Å². The number of hydrogen-bond donors (Lipinski definition) is 4. The second-order valence-corrected chi connectivity index (χ2v) is 8.99. The zero-order chi connectivity index (χ0) is 22.9. The number of esters is 1. The predicted molar refractivity (Wildman–Crippen MR) is 128 cm³/mol. The number of fused-ring (bicyclic) bond motifs is 1. The highest BCUT2D eigenvalue weighted by Gasteiger charge is 2.36. The molecule has 1 saturated carbocycles. The fourth-order valence-corrected chi connectivity index (χ4v) is 4.46. The van der Waals surface area contributed by atoms with Crippen LogP contribution < -0.4 is 0 Å². The maximum atomic E-state index is 10.3. The Labute approximate surface area is 191 Å². The van der Waals surface area contributed by atoms with E-state index in [1.54, 1.807) is 0 Å². The average Bonchev–Trinajstić information content (AvgIpc) is 2.95. The summed E-state index contributed by atoms with van der Waals surface area (Å²) in [6.45, 7) is 8.99. The monoisotopic (exact) mass is 452 g/mol. The fourth-order valence-electron chi connectivity index (χ4n) is 4.24. The molecule has 1 aliphatic heterocycles. The Kier molecular flexibility index (Phi) is 17.4. The normalized spacial score (nSPS) is 26.2. The maximum absolute atomic E-state index is 10.3. The smallest absolute Gasteiger partial charge is 0.302 e. The van der Waals surface area contributed by atoms with Gasteiger partial charge in [-0.05, 0) is 80.4 Å². The van der Waals surface area contributed by atoms with Crippen LogP contribution in [-0.4, -0.2) is 46.7 Å². The van der Waals surface area contributed by atoms with Crippen molar-refractivity contribution < 1.29 is 32.7 Å². The number of aliphatic hydroxyl groups is 1. The van der Waals surface area contributed by atoms with Crippen molar-refractivity contribution in [2.45, 2.75) is 85.2 Å². The number of ether oxygens (including phenoxy) is 2. The highest BCUT2D eigenvalue weighted by atomic mass is 32.1. The lowest BCUT2D eigenvalue weighted by molar-refractivity contribution is -0.176. The standard InChI is InChI=1S/C15H26O2.C8H16O2S.H2O2.2H2/c1-10-4-6-14(11(2)8-16)15-9-17-12(3)5-7-13(10)15;1-8(9)10-6-4-2-3-5-7-11;1-2;;/h9-14,16H,4-8H2,1-3H3;11H,2-7H2,1H3;1-2H;2*1H/t10-,11+,12+,13?,14?;;;;/m1..../s1. The molecule has 5 atom stereocenters. The summed E-state index contributed by atoms with van der Waals surface area (Å²) in [5.74, 6) is 3.14. The molecule has 0 radical (unpaired) electrons. The Bertz CT molecular complexity index is 481. The number of allylic oxidation sites excluding steroid dienone is 1. The molecule has 0 aromatic rings. The highest BCUT2D eigenvalue weighted by Crippen LogP contribution is 2.45. The Morgan fingerprint density at radius 1 is 1.20 bits per heavy atom. The Hall–Kier alpha value is -0.760. The molecule has 6 nitrogen and oxygen atoms in total. The minimum atomic E-state index is -0.181. The first-order valence-corrected chi connectivity index (χ1v) is 11.9. The first-order chi connectivity index (χ1) is 14.4. The number of carbonyl (C=O) groups excluding carboxylic acids is 1. The van der Waals surface area contributed by atoms with Crippen molar-refractivity contribution in [1.29, 1.82) is 0 Å².